The Balaban J connectivity index is 3.19. The maximum Gasteiger partial charge on any atom is 0.326 e. The van der Waals surface area contributed by atoms with Crippen LogP contribution in [0, 0.1) is 11.8 Å². The summed E-state index contributed by atoms with van der Waals surface area (Å²) >= 11 is 0. The van der Waals surface area contributed by atoms with Gasteiger partial charge >= 0.3 is 5.97 Å². The molecule has 0 aliphatic heterocycles. The number of nitrogens with one attached hydrogen (secondary N) is 3. The van der Waals surface area contributed by atoms with Crippen LogP contribution in [-0.2, 0) is 25.6 Å². The quantitative estimate of drug-likeness (QED) is 0.143. The van der Waals surface area contributed by atoms with Gasteiger partial charge in [-0.15, -0.1) is 0 Å². The summed E-state index contributed by atoms with van der Waals surface area (Å²) in [6, 6.07) is 2.11. The third-order valence-electron chi connectivity index (χ3n) is 6.93. The van der Waals surface area contributed by atoms with Crippen molar-refractivity contribution in [2.75, 3.05) is 6.54 Å². The van der Waals surface area contributed by atoms with E-state index in [0.29, 0.717) is 44.2 Å². The van der Waals surface area contributed by atoms with E-state index in [0.717, 1.165) is 0 Å². The van der Waals surface area contributed by atoms with Crippen LogP contribution in [0.5, 0.6) is 5.75 Å². The Morgan fingerprint density at radius 1 is 0.842 bits per heavy atom. The predicted octanol–water partition coefficient (Wildman–Crippen LogP) is 1.02. The molecule has 6 unspecified atom stereocenters. The number of amides is 3. The molecule has 1 rings (SSSR count). The van der Waals surface area contributed by atoms with E-state index in [4.69, 9.17) is 11.5 Å². The molecule has 0 aliphatic rings. The van der Waals surface area contributed by atoms with Gasteiger partial charge < -0.3 is 37.6 Å². The summed E-state index contributed by atoms with van der Waals surface area (Å²) in [5.74, 6) is -3.27. The minimum atomic E-state index is -1.17. The SMILES string of the molecule is CCC(C)C(N)C(=O)NC(CCCCN)C(=O)NC(Cc1ccc(O)cc1)C(=O)NC(C(=O)O)C(C)CC. The Morgan fingerprint density at radius 2 is 1.39 bits per heavy atom. The summed E-state index contributed by atoms with van der Waals surface area (Å²) in [6.07, 6.45) is 2.76. The molecule has 0 aliphatic carbocycles. The molecule has 38 heavy (non-hydrogen) atoms. The maximum atomic E-state index is 13.4. The predicted molar refractivity (Wildman–Crippen MR) is 145 cm³/mol. The molecule has 0 fully saturated rings. The first kappa shape index (κ1) is 32.8. The standard InChI is InChI=1S/C27H45N5O6/c1-5-16(3)22(29)26(36)30-20(9-7-8-14-28)24(34)31-21(15-18-10-12-19(33)13-11-18)25(35)32-23(27(37)38)17(4)6-2/h10-13,16-17,20-23,33H,5-9,14-15,28-29H2,1-4H3,(H,30,36)(H,31,34)(H,32,35)(H,37,38). The van der Waals surface area contributed by atoms with Gasteiger partial charge in [-0.2, -0.15) is 0 Å². The highest BCUT2D eigenvalue weighted by molar-refractivity contribution is 5.94. The monoisotopic (exact) mass is 535 g/mol. The molecule has 6 atom stereocenters. The summed E-state index contributed by atoms with van der Waals surface area (Å²) in [6.45, 7) is 7.73. The van der Waals surface area contributed by atoms with Crippen LogP contribution in [0.1, 0.15) is 65.4 Å². The number of carbonyl (C=O) groups excluding carboxylic acids is 3. The minimum absolute atomic E-state index is 0.0422. The number of carboxylic acid groups (broad SMARTS) is 1. The number of unbranched alkanes of at least 4 members (excludes halogenated alkanes) is 1. The lowest BCUT2D eigenvalue weighted by molar-refractivity contribution is -0.143. The molecule has 11 heteroatoms. The van der Waals surface area contributed by atoms with Gasteiger partial charge in [0.1, 0.15) is 23.9 Å². The molecular formula is C27H45N5O6. The summed E-state index contributed by atoms with van der Waals surface area (Å²) < 4.78 is 0. The number of hydrogen-bond donors (Lipinski definition) is 7. The van der Waals surface area contributed by atoms with Crippen LogP contribution in [0.15, 0.2) is 24.3 Å². The van der Waals surface area contributed by atoms with Crippen LogP contribution in [0.4, 0.5) is 0 Å². The Morgan fingerprint density at radius 3 is 1.92 bits per heavy atom. The number of aromatic hydroxyl groups is 1. The van der Waals surface area contributed by atoms with Crippen LogP contribution in [0.3, 0.4) is 0 Å². The van der Waals surface area contributed by atoms with Gasteiger partial charge in [0.25, 0.3) is 0 Å². The van der Waals surface area contributed by atoms with Crippen LogP contribution in [-0.4, -0.2) is 64.6 Å². The lowest BCUT2D eigenvalue weighted by atomic mass is 9.97. The highest BCUT2D eigenvalue weighted by atomic mass is 16.4. The zero-order valence-corrected chi connectivity index (χ0v) is 22.9. The Labute approximate surface area is 225 Å². The normalized spacial score (nSPS) is 15.8. The summed E-state index contributed by atoms with van der Waals surface area (Å²) in [5, 5.41) is 27.2. The Hall–Kier alpha value is -3.18. The molecule has 0 radical (unpaired) electrons. The zero-order valence-electron chi connectivity index (χ0n) is 22.9. The smallest absolute Gasteiger partial charge is 0.326 e. The van der Waals surface area contributed by atoms with Crippen LogP contribution in [0.2, 0.25) is 0 Å². The van der Waals surface area contributed by atoms with Gasteiger partial charge in [-0.25, -0.2) is 4.79 Å². The third-order valence-corrected chi connectivity index (χ3v) is 6.93. The summed E-state index contributed by atoms with van der Waals surface area (Å²) in [4.78, 5) is 51.2. The number of carboxylic acids is 1. The second-order valence-corrected chi connectivity index (χ2v) is 9.90. The van der Waals surface area contributed by atoms with Gasteiger partial charge in [0.15, 0.2) is 0 Å². The van der Waals surface area contributed by atoms with Crippen molar-refractivity contribution in [1.29, 1.82) is 0 Å². The van der Waals surface area contributed by atoms with Crippen molar-refractivity contribution < 1.29 is 29.4 Å². The number of nitrogens with two attached hydrogens (primary N) is 2. The van der Waals surface area contributed by atoms with Gasteiger partial charge in [0.05, 0.1) is 6.04 Å². The molecule has 0 heterocycles. The van der Waals surface area contributed by atoms with Crippen LogP contribution >= 0.6 is 0 Å². The first-order chi connectivity index (χ1) is 17.9. The van der Waals surface area contributed by atoms with E-state index < -0.39 is 47.9 Å². The summed E-state index contributed by atoms with van der Waals surface area (Å²) in [7, 11) is 0. The number of rotatable bonds is 17. The molecule has 3 amide bonds. The van der Waals surface area contributed by atoms with E-state index in [2.05, 4.69) is 16.0 Å². The maximum absolute atomic E-state index is 13.4. The van der Waals surface area contributed by atoms with E-state index in [1.807, 2.05) is 20.8 Å². The van der Waals surface area contributed by atoms with E-state index >= 15 is 0 Å². The second-order valence-electron chi connectivity index (χ2n) is 9.90. The first-order valence-electron chi connectivity index (χ1n) is 13.3. The number of carbonyl (C=O) groups is 4. The summed E-state index contributed by atoms with van der Waals surface area (Å²) in [5.41, 5.74) is 12.3. The van der Waals surface area contributed by atoms with Crippen molar-refractivity contribution in [3.63, 3.8) is 0 Å². The molecule has 0 saturated heterocycles. The largest absolute Gasteiger partial charge is 0.508 e. The number of hydrogen-bond acceptors (Lipinski definition) is 7. The molecule has 11 nitrogen and oxygen atoms in total. The van der Waals surface area contributed by atoms with Crippen molar-refractivity contribution in [1.82, 2.24) is 16.0 Å². The van der Waals surface area contributed by atoms with Crippen molar-refractivity contribution >= 4 is 23.7 Å². The average molecular weight is 536 g/mol. The second kappa shape index (κ2) is 16.6. The molecule has 214 valence electrons. The van der Waals surface area contributed by atoms with Crippen molar-refractivity contribution in [3.8, 4) is 5.75 Å². The lowest BCUT2D eigenvalue weighted by Crippen LogP contribution is -2.58. The fourth-order valence-corrected chi connectivity index (χ4v) is 3.83. The van der Waals surface area contributed by atoms with Crippen molar-refractivity contribution in [3.05, 3.63) is 29.8 Å². The molecule has 0 aromatic heterocycles. The fraction of sp³-hybridized carbons (Fsp3) is 0.630. The molecule has 1 aromatic carbocycles. The first-order valence-corrected chi connectivity index (χ1v) is 13.3. The Kier molecular flexibility index (Phi) is 14.4. The zero-order chi connectivity index (χ0) is 28.8. The average Bonchev–Trinajstić information content (AvgIpc) is 2.90. The van der Waals surface area contributed by atoms with Gasteiger partial charge in [0, 0.05) is 6.42 Å². The molecule has 0 spiro atoms. The molecule has 0 saturated carbocycles. The number of phenolic OH excluding ortho intramolecular Hbond substituents is 1. The van der Waals surface area contributed by atoms with Crippen LogP contribution < -0.4 is 27.4 Å². The third kappa shape index (κ3) is 10.7. The molecule has 1 aromatic rings. The van der Waals surface area contributed by atoms with E-state index in [9.17, 15) is 29.4 Å². The van der Waals surface area contributed by atoms with E-state index in [1.165, 1.54) is 12.1 Å². The highest BCUT2D eigenvalue weighted by Gasteiger charge is 2.32. The van der Waals surface area contributed by atoms with Crippen molar-refractivity contribution in [2.45, 2.75) is 90.4 Å². The van der Waals surface area contributed by atoms with E-state index in [-0.39, 0.29) is 24.0 Å². The molecular weight excluding hydrogens is 490 g/mol. The number of aliphatic carboxylic acids is 1. The Bertz CT molecular complexity index is 910. The van der Waals surface area contributed by atoms with Gasteiger partial charge in [-0.1, -0.05) is 52.7 Å². The van der Waals surface area contributed by atoms with Gasteiger partial charge in [0.2, 0.25) is 17.7 Å². The molecule has 0 bridgehead atoms. The van der Waals surface area contributed by atoms with Crippen LogP contribution in [0.25, 0.3) is 0 Å². The van der Waals surface area contributed by atoms with E-state index in [1.54, 1.807) is 19.1 Å². The van der Waals surface area contributed by atoms with Gasteiger partial charge in [-0.05, 0) is 55.3 Å². The fourth-order valence-electron chi connectivity index (χ4n) is 3.83. The number of phenols is 1. The number of benzene rings is 1. The lowest BCUT2D eigenvalue weighted by Gasteiger charge is -2.27. The topological polar surface area (TPSA) is 197 Å². The van der Waals surface area contributed by atoms with Gasteiger partial charge in [-0.3, -0.25) is 14.4 Å². The molecule has 9 N–H and O–H groups in total. The highest BCUT2D eigenvalue weighted by Crippen LogP contribution is 2.14. The van der Waals surface area contributed by atoms with Crippen molar-refractivity contribution in [2.24, 2.45) is 23.3 Å². The minimum Gasteiger partial charge on any atom is -0.508 e.